The number of hydrogen-bond acceptors (Lipinski definition) is 5. The predicted molar refractivity (Wildman–Crippen MR) is 136 cm³/mol. The van der Waals surface area contributed by atoms with E-state index in [2.05, 4.69) is 27.0 Å². The highest BCUT2D eigenvalue weighted by Crippen LogP contribution is 2.27. The molecule has 2 aromatic heterocycles. The molecule has 0 unspecified atom stereocenters. The van der Waals surface area contributed by atoms with Gasteiger partial charge in [-0.3, -0.25) is 0 Å². The van der Waals surface area contributed by atoms with E-state index >= 15 is 0 Å². The first-order valence-corrected chi connectivity index (χ1v) is 12.3. The molecule has 1 aliphatic heterocycles. The number of aromatic nitrogens is 3. The minimum Gasteiger partial charge on any atom is -0.363 e. The number of fused-ring (bicyclic) bond motifs is 1. The maximum Gasteiger partial charge on any atom is 0.169 e. The molecule has 0 aliphatic carbocycles. The van der Waals surface area contributed by atoms with E-state index in [1.807, 2.05) is 12.1 Å². The van der Waals surface area contributed by atoms with Crippen LogP contribution in [0, 0.1) is 5.82 Å². The van der Waals surface area contributed by atoms with E-state index in [1.54, 1.807) is 12.1 Å². The fourth-order valence-electron chi connectivity index (χ4n) is 3.91. The normalized spacial score (nSPS) is 14.0. The van der Waals surface area contributed by atoms with Gasteiger partial charge in [-0.2, -0.15) is 0 Å². The van der Waals surface area contributed by atoms with Crippen molar-refractivity contribution in [3.63, 3.8) is 0 Å². The van der Waals surface area contributed by atoms with E-state index in [1.165, 1.54) is 25.0 Å². The van der Waals surface area contributed by atoms with Crippen LogP contribution in [0.15, 0.2) is 36.4 Å². The van der Waals surface area contributed by atoms with Gasteiger partial charge in [-0.15, -0.1) is 11.6 Å². The van der Waals surface area contributed by atoms with E-state index in [-0.39, 0.29) is 11.7 Å². The highest BCUT2D eigenvalue weighted by Gasteiger charge is 2.23. The van der Waals surface area contributed by atoms with Gasteiger partial charge in [0.25, 0.3) is 0 Å². The summed E-state index contributed by atoms with van der Waals surface area (Å²) in [5, 5.41) is 4.19. The van der Waals surface area contributed by atoms with E-state index in [0.717, 1.165) is 72.4 Å². The van der Waals surface area contributed by atoms with Crippen LogP contribution in [0.5, 0.6) is 0 Å². The van der Waals surface area contributed by atoms with Crippen LogP contribution in [0.1, 0.15) is 32.0 Å². The molecule has 1 aliphatic rings. The van der Waals surface area contributed by atoms with Crippen LogP contribution in [-0.2, 0) is 5.88 Å². The van der Waals surface area contributed by atoms with E-state index in [0.29, 0.717) is 5.82 Å². The Morgan fingerprint density at radius 1 is 1.03 bits per heavy atom. The van der Waals surface area contributed by atoms with Gasteiger partial charge < -0.3 is 15.1 Å². The molecule has 6 nitrogen and oxygen atoms in total. The van der Waals surface area contributed by atoms with Gasteiger partial charge in [0, 0.05) is 38.3 Å². The fourth-order valence-corrected chi connectivity index (χ4v) is 4.32. The molecular weight excluding hydrogens is 459 g/mol. The van der Waals surface area contributed by atoms with Crippen LogP contribution >= 0.6 is 23.8 Å². The van der Waals surface area contributed by atoms with Crippen LogP contribution in [0.25, 0.3) is 22.3 Å². The summed E-state index contributed by atoms with van der Waals surface area (Å²) in [7, 11) is 0. The molecule has 0 saturated carbocycles. The Morgan fingerprint density at radius 3 is 2.48 bits per heavy atom. The zero-order valence-corrected chi connectivity index (χ0v) is 20.3. The molecule has 0 amide bonds. The Balaban J connectivity index is 1.54. The first-order chi connectivity index (χ1) is 16.1. The third-order valence-corrected chi connectivity index (χ3v) is 6.39. The molecule has 1 fully saturated rings. The average molecular weight is 487 g/mol. The second-order valence-electron chi connectivity index (χ2n) is 8.08. The number of benzene rings is 1. The summed E-state index contributed by atoms with van der Waals surface area (Å²) in [6.45, 7) is 6.26. The Labute approximate surface area is 204 Å². The van der Waals surface area contributed by atoms with E-state index in [9.17, 15) is 4.39 Å². The van der Waals surface area contributed by atoms with Gasteiger partial charge in [-0.05, 0) is 55.0 Å². The largest absolute Gasteiger partial charge is 0.363 e. The molecular formula is C24H28ClFN6S. The predicted octanol–water partition coefficient (Wildman–Crippen LogP) is 4.76. The highest BCUT2D eigenvalue weighted by molar-refractivity contribution is 7.80. The molecule has 4 rings (SSSR count). The second kappa shape index (κ2) is 11.0. The summed E-state index contributed by atoms with van der Waals surface area (Å²) in [6, 6.07) is 10.1. The molecule has 174 valence electrons. The van der Waals surface area contributed by atoms with Crippen molar-refractivity contribution in [2.24, 2.45) is 0 Å². The van der Waals surface area contributed by atoms with Gasteiger partial charge in [0.05, 0.1) is 17.1 Å². The Hall–Kier alpha value is -2.58. The molecule has 1 aromatic carbocycles. The molecule has 3 aromatic rings. The third kappa shape index (κ3) is 5.68. The maximum absolute atomic E-state index is 13.4. The van der Waals surface area contributed by atoms with Gasteiger partial charge >= 0.3 is 0 Å². The minimum absolute atomic E-state index is 0.231. The van der Waals surface area contributed by atoms with Crippen molar-refractivity contribution in [1.29, 1.82) is 0 Å². The smallest absolute Gasteiger partial charge is 0.169 e. The summed E-state index contributed by atoms with van der Waals surface area (Å²) in [4.78, 5) is 18.6. The van der Waals surface area contributed by atoms with Crippen molar-refractivity contribution >= 4 is 45.8 Å². The van der Waals surface area contributed by atoms with Gasteiger partial charge in [-0.25, -0.2) is 19.3 Å². The summed E-state index contributed by atoms with van der Waals surface area (Å²) >= 11 is 11.7. The van der Waals surface area contributed by atoms with Gasteiger partial charge in [-0.1, -0.05) is 19.8 Å². The number of pyridine rings is 1. The van der Waals surface area contributed by atoms with Gasteiger partial charge in [0.1, 0.15) is 17.2 Å². The van der Waals surface area contributed by atoms with Gasteiger partial charge in [0.15, 0.2) is 10.9 Å². The molecule has 0 radical (unpaired) electrons. The van der Waals surface area contributed by atoms with Crippen LogP contribution in [0.4, 0.5) is 10.2 Å². The molecule has 0 spiro atoms. The second-order valence-corrected chi connectivity index (χ2v) is 8.74. The lowest BCUT2D eigenvalue weighted by Gasteiger charge is -2.37. The standard InChI is InChI=1S/C24H28ClFN6S/c1-2-3-4-11-27-24(33)32-14-12-31(13-15-32)23-22-20(28-21(16-25)30-23)10-9-19(29-22)17-5-7-18(26)8-6-17/h5-10H,2-4,11-16H2,1H3,(H,27,33). The number of nitrogens with zero attached hydrogens (tertiary/aromatic N) is 5. The van der Waals surface area contributed by atoms with Crippen molar-refractivity contribution in [2.75, 3.05) is 37.6 Å². The van der Waals surface area contributed by atoms with Crippen molar-refractivity contribution in [2.45, 2.75) is 32.1 Å². The van der Waals surface area contributed by atoms with Crippen molar-refractivity contribution in [1.82, 2.24) is 25.2 Å². The zero-order valence-electron chi connectivity index (χ0n) is 18.7. The van der Waals surface area contributed by atoms with Gasteiger partial charge in [0.2, 0.25) is 0 Å². The summed E-state index contributed by atoms with van der Waals surface area (Å²) in [6.07, 6.45) is 3.54. The number of anilines is 1. The Bertz CT molecular complexity index is 1100. The monoisotopic (exact) mass is 486 g/mol. The molecule has 1 saturated heterocycles. The number of thiocarbonyl (C=S) groups is 1. The number of rotatable bonds is 7. The van der Waals surface area contributed by atoms with E-state index < -0.39 is 0 Å². The summed E-state index contributed by atoms with van der Waals surface area (Å²) in [5.41, 5.74) is 3.06. The summed E-state index contributed by atoms with van der Waals surface area (Å²) < 4.78 is 13.4. The molecule has 3 heterocycles. The number of alkyl halides is 1. The number of nitrogens with one attached hydrogen (secondary N) is 1. The third-order valence-electron chi connectivity index (χ3n) is 5.75. The molecule has 1 N–H and O–H groups in total. The number of hydrogen-bond donors (Lipinski definition) is 1. The molecule has 9 heteroatoms. The maximum atomic E-state index is 13.4. The van der Waals surface area contributed by atoms with Crippen molar-refractivity contribution in [3.8, 4) is 11.3 Å². The number of unbranched alkanes of at least 4 members (excludes halogenated alkanes) is 2. The first kappa shape index (κ1) is 23.6. The van der Waals surface area contributed by atoms with Crippen molar-refractivity contribution in [3.05, 3.63) is 48.0 Å². The Kier molecular flexibility index (Phi) is 7.88. The lowest BCUT2D eigenvalue weighted by atomic mass is 10.1. The average Bonchev–Trinajstić information content (AvgIpc) is 2.86. The molecule has 33 heavy (non-hydrogen) atoms. The van der Waals surface area contributed by atoms with Crippen molar-refractivity contribution < 1.29 is 4.39 Å². The SMILES string of the molecule is CCCCCNC(=S)N1CCN(c2nc(CCl)nc3ccc(-c4ccc(F)cc4)nc23)CC1. The highest BCUT2D eigenvalue weighted by atomic mass is 35.5. The first-order valence-electron chi connectivity index (χ1n) is 11.4. The topological polar surface area (TPSA) is 57.2 Å². The van der Waals surface area contributed by atoms with Crippen LogP contribution in [-0.4, -0.2) is 57.7 Å². The molecule has 0 atom stereocenters. The number of piperazine rings is 1. The Morgan fingerprint density at radius 2 is 1.79 bits per heavy atom. The quantitative estimate of drug-likeness (QED) is 0.293. The molecule has 0 bridgehead atoms. The minimum atomic E-state index is -0.272. The fraction of sp³-hybridized carbons (Fsp3) is 0.417. The summed E-state index contributed by atoms with van der Waals surface area (Å²) in [5.74, 6) is 1.31. The van der Waals surface area contributed by atoms with Crippen LogP contribution in [0.2, 0.25) is 0 Å². The number of halogens is 2. The van der Waals surface area contributed by atoms with Crippen LogP contribution < -0.4 is 10.2 Å². The van der Waals surface area contributed by atoms with Crippen LogP contribution in [0.3, 0.4) is 0 Å². The van der Waals surface area contributed by atoms with E-state index in [4.69, 9.17) is 33.8 Å². The lowest BCUT2D eigenvalue weighted by molar-refractivity contribution is 0.379. The lowest BCUT2D eigenvalue weighted by Crippen LogP contribution is -2.52. The zero-order chi connectivity index (χ0) is 23.2.